The van der Waals surface area contributed by atoms with Crippen LogP contribution in [0.15, 0.2) is 24.3 Å². The molecule has 1 aliphatic heterocycles. The Balaban J connectivity index is 2.08. The molecule has 2 amide bonds. The number of carbonyl (C=O) groups excluding carboxylic acids is 2. The fourth-order valence-corrected chi connectivity index (χ4v) is 4.94. The van der Waals surface area contributed by atoms with E-state index >= 15 is 0 Å². The first kappa shape index (κ1) is 19.4. The lowest BCUT2D eigenvalue weighted by atomic mass is 9.98. The molecule has 0 aromatic heterocycles. The van der Waals surface area contributed by atoms with Crippen LogP contribution in [0.1, 0.15) is 37.6 Å². The van der Waals surface area contributed by atoms with Crippen LogP contribution in [0, 0.1) is 11.7 Å². The number of nitrogens with one attached hydrogen (secondary N) is 2. The van der Waals surface area contributed by atoms with Gasteiger partial charge < -0.3 is 10.6 Å². The van der Waals surface area contributed by atoms with Crippen LogP contribution in [0.4, 0.5) is 4.39 Å². The molecule has 0 unspecified atom stereocenters. The third-order valence-corrected chi connectivity index (χ3v) is 6.17. The lowest BCUT2D eigenvalue weighted by Crippen LogP contribution is -2.56. The maximum atomic E-state index is 13.0. The van der Waals surface area contributed by atoms with Crippen molar-refractivity contribution in [1.29, 1.82) is 0 Å². The second-order valence-corrected chi connectivity index (χ2v) is 9.28. The van der Waals surface area contributed by atoms with Crippen LogP contribution in [-0.2, 0) is 14.6 Å². The van der Waals surface area contributed by atoms with Crippen LogP contribution in [-0.4, -0.2) is 43.3 Å². The van der Waals surface area contributed by atoms with Gasteiger partial charge in [0, 0.05) is 5.56 Å². The van der Waals surface area contributed by atoms with E-state index in [9.17, 15) is 22.4 Å². The molecule has 138 valence electrons. The molecule has 0 spiro atoms. The molecule has 2 N–H and O–H groups in total. The molecule has 0 radical (unpaired) electrons. The number of carbonyl (C=O) groups is 2. The summed E-state index contributed by atoms with van der Waals surface area (Å²) in [5.41, 5.74) is -0.585. The lowest BCUT2D eigenvalue weighted by Gasteiger charge is -2.29. The van der Waals surface area contributed by atoms with Gasteiger partial charge in [-0.1, -0.05) is 13.8 Å². The van der Waals surface area contributed by atoms with Crippen molar-refractivity contribution in [2.75, 3.05) is 11.5 Å². The molecule has 2 atom stereocenters. The molecule has 1 fully saturated rings. The van der Waals surface area contributed by atoms with Crippen molar-refractivity contribution >= 4 is 21.7 Å². The van der Waals surface area contributed by atoms with Crippen LogP contribution in [0.25, 0.3) is 0 Å². The summed E-state index contributed by atoms with van der Waals surface area (Å²) in [6, 6.07) is 4.20. The maximum Gasteiger partial charge on any atom is 0.251 e. The van der Waals surface area contributed by atoms with Gasteiger partial charge in [0.2, 0.25) is 5.91 Å². The van der Waals surface area contributed by atoms with Crippen molar-refractivity contribution in [3.05, 3.63) is 35.6 Å². The Bertz CT molecular complexity index is 761. The average molecular weight is 370 g/mol. The first-order chi connectivity index (χ1) is 11.5. The second kappa shape index (κ2) is 7.11. The molecule has 1 aromatic carbocycles. The molecule has 1 saturated heterocycles. The fraction of sp³-hybridized carbons (Fsp3) is 0.529. The molecule has 25 heavy (non-hydrogen) atoms. The minimum absolute atomic E-state index is 0.0397. The van der Waals surface area contributed by atoms with E-state index in [1.54, 1.807) is 20.8 Å². The predicted molar refractivity (Wildman–Crippen MR) is 92.3 cm³/mol. The highest BCUT2D eigenvalue weighted by Crippen LogP contribution is 2.23. The normalized spacial score (nSPS) is 23.2. The minimum Gasteiger partial charge on any atom is -0.348 e. The van der Waals surface area contributed by atoms with Gasteiger partial charge in [0.1, 0.15) is 11.9 Å². The Hall–Kier alpha value is -1.96. The van der Waals surface area contributed by atoms with Gasteiger partial charge in [-0.05, 0) is 43.5 Å². The minimum atomic E-state index is -3.15. The van der Waals surface area contributed by atoms with Gasteiger partial charge in [0.25, 0.3) is 5.91 Å². The molecule has 1 aromatic rings. The smallest absolute Gasteiger partial charge is 0.251 e. The van der Waals surface area contributed by atoms with E-state index in [2.05, 4.69) is 10.6 Å². The van der Waals surface area contributed by atoms with Crippen molar-refractivity contribution < 1.29 is 22.4 Å². The number of halogens is 1. The van der Waals surface area contributed by atoms with E-state index in [1.807, 2.05) is 0 Å². The monoisotopic (exact) mass is 370 g/mol. The average Bonchev–Trinajstić information content (AvgIpc) is 2.78. The number of hydrogen-bond donors (Lipinski definition) is 2. The second-order valence-electron chi connectivity index (χ2n) is 7.09. The molecule has 8 heteroatoms. The fourth-order valence-electron chi connectivity index (χ4n) is 2.85. The Morgan fingerprint density at radius 3 is 2.28 bits per heavy atom. The van der Waals surface area contributed by atoms with Crippen molar-refractivity contribution in [1.82, 2.24) is 10.6 Å². The highest BCUT2D eigenvalue weighted by Gasteiger charge is 2.41. The predicted octanol–water partition coefficient (Wildman–Crippen LogP) is 1.27. The zero-order valence-corrected chi connectivity index (χ0v) is 15.3. The van der Waals surface area contributed by atoms with Gasteiger partial charge in [-0.25, -0.2) is 12.8 Å². The number of benzene rings is 1. The van der Waals surface area contributed by atoms with Crippen molar-refractivity contribution in [2.24, 2.45) is 5.92 Å². The first-order valence-electron chi connectivity index (χ1n) is 8.10. The third kappa shape index (κ3) is 5.01. The topological polar surface area (TPSA) is 92.3 Å². The van der Waals surface area contributed by atoms with Crippen LogP contribution >= 0.6 is 0 Å². The van der Waals surface area contributed by atoms with Crippen molar-refractivity contribution in [3.8, 4) is 0 Å². The highest BCUT2D eigenvalue weighted by molar-refractivity contribution is 7.91. The van der Waals surface area contributed by atoms with Gasteiger partial charge >= 0.3 is 0 Å². The van der Waals surface area contributed by atoms with E-state index in [0.29, 0.717) is 6.42 Å². The molecule has 1 aliphatic rings. The molecule has 2 rings (SSSR count). The number of sulfone groups is 1. The van der Waals surface area contributed by atoms with Crippen molar-refractivity contribution in [2.45, 2.75) is 38.8 Å². The van der Waals surface area contributed by atoms with Crippen molar-refractivity contribution in [3.63, 3.8) is 0 Å². The molecule has 1 heterocycles. The van der Waals surface area contributed by atoms with Gasteiger partial charge in [0.05, 0.1) is 17.0 Å². The zero-order chi connectivity index (χ0) is 18.8. The largest absolute Gasteiger partial charge is 0.348 e. The van der Waals surface area contributed by atoms with E-state index in [0.717, 1.165) is 0 Å². The Morgan fingerprint density at radius 1 is 1.20 bits per heavy atom. The summed E-state index contributed by atoms with van der Waals surface area (Å²) in [6.45, 7) is 5.25. The summed E-state index contributed by atoms with van der Waals surface area (Å²) >= 11 is 0. The quantitative estimate of drug-likeness (QED) is 0.816. The Labute approximate surface area is 147 Å². The van der Waals surface area contributed by atoms with Gasteiger partial charge in [0.15, 0.2) is 9.84 Å². The van der Waals surface area contributed by atoms with E-state index in [4.69, 9.17) is 0 Å². The number of hydrogen-bond acceptors (Lipinski definition) is 4. The van der Waals surface area contributed by atoms with Crippen LogP contribution in [0.3, 0.4) is 0 Å². The zero-order valence-electron chi connectivity index (χ0n) is 14.5. The molecular formula is C17H23FN2O4S. The van der Waals surface area contributed by atoms with Crippen LogP contribution in [0.2, 0.25) is 0 Å². The standard InChI is InChI=1S/C17H23FN2O4S/c1-11(2)14(19-15(21)12-4-6-13(18)7-5-12)16(22)20-17(3)8-9-25(23,24)10-17/h4-7,11,14H,8-10H2,1-3H3,(H,19,21)(H,20,22)/t14-,17+/m1/s1. The molecular weight excluding hydrogens is 347 g/mol. The number of rotatable bonds is 5. The highest BCUT2D eigenvalue weighted by atomic mass is 32.2. The molecule has 0 bridgehead atoms. The number of amides is 2. The summed E-state index contributed by atoms with van der Waals surface area (Å²) in [4.78, 5) is 24.9. The van der Waals surface area contributed by atoms with Gasteiger partial charge in [-0.15, -0.1) is 0 Å². The third-order valence-electron chi connectivity index (χ3n) is 4.27. The summed E-state index contributed by atoms with van der Waals surface area (Å²) in [5, 5.41) is 5.41. The Morgan fingerprint density at radius 2 is 1.80 bits per heavy atom. The van der Waals surface area contributed by atoms with Crippen LogP contribution in [0.5, 0.6) is 0 Å². The first-order valence-corrected chi connectivity index (χ1v) is 9.92. The lowest BCUT2D eigenvalue weighted by molar-refractivity contribution is -0.125. The van der Waals surface area contributed by atoms with E-state index < -0.39 is 39.0 Å². The van der Waals surface area contributed by atoms with Gasteiger partial charge in [-0.2, -0.15) is 0 Å². The van der Waals surface area contributed by atoms with Gasteiger partial charge in [-0.3, -0.25) is 9.59 Å². The molecule has 6 nitrogen and oxygen atoms in total. The van der Waals surface area contributed by atoms with E-state index in [1.165, 1.54) is 24.3 Å². The van der Waals surface area contributed by atoms with E-state index in [-0.39, 0.29) is 23.0 Å². The molecule has 0 saturated carbocycles. The van der Waals surface area contributed by atoms with Crippen LogP contribution < -0.4 is 10.6 Å². The molecule has 0 aliphatic carbocycles. The summed E-state index contributed by atoms with van der Waals surface area (Å²) in [6.07, 6.45) is 0.345. The Kier molecular flexibility index (Phi) is 5.51. The summed E-state index contributed by atoms with van der Waals surface area (Å²) in [5.74, 6) is -1.64. The summed E-state index contributed by atoms with van der Waals surface area (Å²) in [7, 11) is -3.15. The summed E-state index contributed by atoms with van der Waals surface area (Å²) < 4.78 is 36.3. The maximum absolute atomic E-state index is 13.0. The SMILES string of the molecule is CC(C)[C@@H](NC(=O)c1ccc(F)cc1)C(=O)N[C@@]1(C)CCS(=O)(=O)C1.